The SMILES string of the molecule is Cn1cc(-c2cc(-c3ccc(N4CC5CC(C4)N5)nc3)c3cccnc3c2)cn1. The van der Waals surface area contributed by atoms with Gasteiger partial charge in [-0.25, -0.2) is 4.98 Å². The second-order valence-corrected chi connectivity index (χ2v) is 8.10. The van der Waals surface area contributed by atoms with Crippen molar-refractivity contribution in [2.75, 3.05) is 18.0 Å². The van der Waals surface area contributed by atoms with E-state index >= 15 is 0 Å². The van der Waals surface area contributed by atoms with Crippen molar-refractivity contribution >= 4 is 16.7 Å². The van der Waals surface area contributed by atoms with Gasteiger partial charge in [0.2, 0.25) is 0 Å². The highest BCUT2D eigenvalue weighted by atomic mass is 15.3. The molecule has 0 spiro atoms. The lowest BCUT2D eigenvalue weighted by Gasteiger charge is -2.48. The molecular formula is C23H22N6. The summed E-state index contributed by atoms with van der Waals surface area (Å²) in [6.45, 7) is 2.10. The number of aromatic nitrogens is 4. The summed E-state index contributed by atoms with van der Waals surface area (Å²) in [6.07, 6.45) is 9.07. The number of nitrogens with zero attached hydrogens (tertiary/aromatic N) is 5. The maximum Gasteiger partial charge on any atom is 0.128 e. The first kappa shape index (κ1) is 16.7. The third-order valence-electron chi connectivity index (χ3n) is 6.06. The summed E-state index contributed by atoms with van der Waals surface area (Å²) in [5, 5.41) is 9.04. The quantitative estimate of drug-likeness (QED) is 0.589. The molecule has 6 heteroatoms. The largest absolute Gasteiger partial charge is 0.353 e. The van der Waals surface area contributed by atoms with Gasteiger partial charge in [-0.2, -0.15) is 5.10 Å². The molecule has 0 saturated carbocycles. The fourth-order valence-corrected chi connectivity index (χ4v) is 4.59. The van der Waals surface area contributed by atoms with Gasteiger partial charge < -0.3 is 10.2 Å². The highest BCUT2D eigenvalue weighted by molar-refractivity contribution is 5.98. The predicted molar refractivity (Wildman–Crippen MR) is 115 cm³/mol. The zero-order chi connectivity index (χ0) is 19.4. The molecule has 7 rings (SSSR count). The van der Waals surface area contributed by atoms with Crippen molar-refractivity contribution in [3.05, 3.63) is 61.2 Å². The maximum absolute atomic E-state index is 4.81. The molecule has 2 atom stereocenters. The Labute approximate surface area is 169 Å². The smallest absolute Gasteiger partial charge is 0.128 e. The topological polar surface area (TPSA) is 58.9 Å². The first-order chi connectivity index (χ1) is 14.2. The Hall–Kier alpha value is -3.25. The minimum atomic E-state index is 0.626. The number of rotatable bonds is 3. The van der Waals surface area contributed by atoms with Crippen molar-refractivity contribution in [2.24, 2.45) is 7.05 Å². The Morgan fingerprint density at radius 1 is 0.966 bits per heavy atom. The standard InChI is InChI=1S/C23H22N6/c1-28-12-17(11-26-28)16-7-21(20-3-2-6-24-22(20)8-16)15-4-5-23(25-10-15)29-13-18-9-19(14-29)27-18/h2-8,10-12,18-19,27H,9,13-14H2,1H3. The summed E-state index contributed by atoms with van der Waals surface area (Å²) in [5.41, 5.74) is 5.45. The molecule has 3 aromatic heterocycles. The Balaban J connectivity index is 1.41. The molecule has 0 amide bonds. The van der Waals surface area contributed by atoms with Gasteiger partial charge in [0.1, 0.15) is 5.82 Å². The predicted octanol–water partition coefficient (Wildman–Crippen LogP) is 3.25. The summed E-state index contributed by atoms with van der Waals surface area (Å²) in [5.74, 6) is 1.07. The second kappa shape index (κ2) is 6.39. The van der Waals surface area contributed by atoms with E-state index in [2.05, 4.69) is 50.6 Å². The Bertz CT molecular complexity index is 1180. The number of hydrogen-bond donors (Lipinski definition) is 1. The highest BCUT2D eigenvalue weighted by Crippen LogP contribution is 2.34. The van der Waals surface area contributed by atoms with Crippen LogP contribution in [0, 0.1) is 0 Å². The van der Waals surface area contributed by atoms with Crippen molar-refractivity contribution < 1.29 is 0 Å². The maximum atomic E-state index is 4.81. The third-order valence-corrected chi connectivity index (χ3v) is 6.06. The van der Waals surface area contributed by atoms with Crippen LogP contribution in [0.1, 0.15) is 6.42 Å². The zero-order valence-electron chi connectivity index (χ0n) is 16.3. The Kier molecular flexibility index (Phi) is 3.67. The summed E-state index contributed by atoms with van der Waals surface area (Å²) in [4.78, 5) is 11.8. The second-order valence-electron chi connectivity index (χ2n) is 8.10. The summed E-state index contributed by atoms with van der Waals surface area (Å²) >= 11 is 0. The van der Waals surface area contributed by atoms with Crippen LogP contribution in [0.4, 0.5) is 5.82 Å². The molecule has 2 unspecified atom stereocenters. The number of hydrogen-bond acceptors (Lipinski definition) is 5. The number of aryl methyl sites for hydroxylation is 1. The number of benzene rings is 1. The molecule has 1 N–H and O–H groups in total. The van der Waals surface area contributed by atoms with E-state index in [1.807, 2.05) is 42.6 Å². The average Bonchev–Trinajstić information content (AvgIpc) is 3.19. The first-order valence-corrected chi connectivity index (χ1v) is 10.1. The lowest BCUT2D eigenvalue weighted by Crippen LogP contribution is -2.67. The molecule has 3 aliphatic heterocycles. The van der Waals surface area contributed by atoms with Gasteiger partial charge >= 0.3 is 0 Å². The van der Waals surface area contributed by atoms with Gasteiger partial charge in [-0.05, 0) is 47.9 Å². The fraction of sp³-hybridized carbons (Fsp3) is 0.261. The van der Waals surface area contributed by atoms with Gasteiger partial charge in [-0.15, -0.1) is 0 Å². The Morgan fingerprint density at radius 3 is 2.55 bits per heavy atom. The molecule has 1 aromatic carbocycles. The lowest BCUT2D eigenvalue weighted by molar-refractivity contribution is 0.225. The molecule has 6 heterocycles. The number of pyridine rings is 2. The summed E-state index contributed by atoms with van der Waals surface area (Å²) in [7, 11) is 1.94. The average molecular weight is 382 g/mol. The summed E-state index contributed by atoms with van der Waals surface area (Å²) in [6, 6.07) is 14.1. The lowest BCUT2D eigenvalue weighted by atomic mass is 9.91. The van der Waals surface area contributed by atoms with Crippen LogP contribution in [-0.4, -0.2) is 44.9 Å². The van der Waals surface area contributed by atoms with Crippen LogP contribution in [-0.2, 0) is 7.05 Å². The van der Waals surface area contributed by atoms with E-state index in [1.54, 1.807) is 0 Å². The van der Waals surface area contributed by atoms with E-state index in [0.29, 0.717) is 12.1 Å². The summed E-state index contributed by atoms with van der Waals surface area (Å²) < 4.78 is 1.83. The molecule has 29 heavy (non-hydrogen) atoms. The minimum absolute atomic E-state index is 0.626. The fourth-order valence-electron chi connectivity index (χ4n) is 4.59. The zero-order valence-corrected chi connectivity index (χ0v) is 16.3. The molecular weight excluding hydrogens is 360 g/mol. The molecule has 0 aliphatic carbocycles. The minimum Gasteiger partial charge on any atom is -0.353 e. The van der Waals surface area contributed by atoms with Gasteiger partial charge in [0.15, 0.2) is 0 Å². The number of anilines is 1. The monoisotopic (exact) mass is 382 g/mol. The van der Waals surface area contributed by atoms with Gasteiger partial charge in [-0.3, -0.25) is 9.67 Å². The van der Waals surface area contributed by atoms with Crippen molar-refractivity contribution in [1.29, 1.82) is 0 Å². The van der Waals surface area contributed by atoms with E-state index < -0.39 is 0 Å². The number of fused-ring (bicyclic) bond motifs is 3. The van der Waals surface area contributed by atoms with Crippen molar-refractivity contribution in [3.8, 4) is 22.3 Å². The molecule has 0 radical (unpaired) electrons. The van der Waals surface area contributed by atoms with Gasteiger partial charge in [0.05, 0.1) is 11.7 Å². The molecule has 3 fully saturated rings. The van der Waals surface area contributed by atoms with Gasteiger partial charge in [-0.1, -0.05) is 6.07 Å². The van der Waals surface area contributed by atoms with E-state index in [9.17, 15) is 0 Å². The molecule has 3 saturated heterocycles. The van der Waals surface area contributed by atoms with Crippen molar-refractivity contribution in [1.82, 2.24) is 25.1 Å². The molecule has 3 aliphatic rings. The molecule has 6 nitrogen and oxygen atoms in total. The number of piperidine rings is 1. The number of piperazine rings is 1. The highest BCUT2D eigenvalue weighted by Gasteiger charge is 2.36. The van der Waals surface area contributed by atoms with Crippen LogP contribution in [0.15, 0.2) is 61.2 Å². The molecule has 144 valence electrons. The first-order valence-electron chi connectivity index (χ1n) is 10.1. The van der Waals surface area contributed by atoms with E-state index in [-0.39, 0.29) is 0 Å². The molecule has 4 aromatic rings. The van der Waals surface area contributed by atoms with Gasteiger partial charge in [0, 0.05) is 67.3 Å². The van der Waals surface area contributed by atoms with Crippen LogP contribution in [0.5, 0.6) is 0 Å². The van der Waals surface area contributed by atoms with E-state index in [1.165, 1.54) is 6.42 Å². The van der Waals surface area contributed by atoms with Crippen LogP contribution >= 0.6 is 0 Å². The normalized spacial score (nSPS) is 20.7. The van der Waals surface area contributed by atoms with Crippen LogP contribution in [0.3, 0.4) is 0 Å². The van der Waals surface area contributed by atoms with Gasteiger partial charge in [0.25, 0.3) is 0 Å². The third kappa shape index (κ3) is 2.87. The van der Waals surface area contributed by atoms with Crippen LogP contribution in [0.25, 0.3) is 33.2 Å². The van der Waals surface area contributed by atoms with Crippen LogP contribution in [0.2, 0.25) is 0 Å². The number of nitrogens with one attached hydrogen (secondary N) is 1. The van der Waals surface area contributed by atoms with Crippen molar-refractivity contribution in [2.45, 2.75) is 18.5 Å². The van der Waals surface area contributed by atoms with E-state index in [4.69, 9.17) is 4.98 Å². The van der Waals surface area contributed by atoms with Crippen molar-refractivity contribution in [3.63, 3.8) is 0 Å². The van der Waals surface area contributed by atoms with E-state index in [0.717, 1.165) is 52.1 Å². The molecule has 2 bridgehead atoms. The van der Waals surface area contributed by atoms with Crippen LogP contribution < -0.4 is 10.2 Å². The Morgan fingerprint density at radius 2 is 1.83 bits per heavy atom.